The summed E-state index contributed by atoms with van der Waals surface area (Å²) in [5.41, 5.74) is 0.580. The summed E-state index contributed by atoms with van der Waals surface area (Å²) in [6.07, 6.45) is 0.741. The van der Waals surface area contributed by atoms with Gasteiger partial charge in [-0.05, 0) is 18.6 Å². The lowest BCUT2D eigenvalue weighted by Gasteiger charge is -2.19. The molecule has 1 aliphatic heterocycles. The summed E-state index contributed by atoms with van der Waals surface area (Å²) in [5.74, 6) is -0.265. The van der Waals surface area contributed by atoms with E-state index in [1.54, 1.807) is 17.0 Å². The minimum Gasteiger partial charge on any atom is -0.494 e. The summed E-state index contributed by atoms with van der Waals surface area (Å²) >= 11 is 0. The second kappa shape index (κ2) is 5.57. The van der Waals surface area contributed by atoms with Gasteiger partial charge in [-0.1, -0.05) is 13.8 Å². The van der Waals surface area contributed by atoms with Gasteiger partial charge in [-0.2, -0.15) is 0 Å². The average molecular weight is 266 g/mol. The van der Waals surface area contributed by atoms with Crippen LogP contribution in [0.2, 0.25) is 0 Å². The van der Waals surface area contributed by atoms with Gasteiger partial charge in [0.05, 0.1) is 13.2 Å². The number of hydrogen-bond donors (Lipinski definition) is 1. The van der Waals surface area contributed by atoms with Crippen LogP contribution in [0.4, 0.5) is 10.1 Å². The normalized spacial score (nSPS) is 19.3. The lowest BCUT2D eigenvalue weighted by atomic mass is 10.2. The van der Waals surface area contributed by atoms with E-state index in [0.29, 0.717) is 12.2 Å². The molecular formula is C14H19FN2O2. The Morgan fingerprint density at radius 2 is 2.21 bits per heavy atom. The first-order valence-electron chi connectivity index (χ1n) is 6.44. The molecule has 1 aliphatic rings. The van der Waals surface area contributed by atoms with Crippen molar-refractivity contribution in [2.75, 3.05) is 18.6 Å². The molecule has 0 aromatic heterocycles. The zero-order valence-corrected chi connectivity index (χ0v) is 11.4. The predicted octanol–water partition coefficient (Wildman–Crippen LogP) is 1.94. The molecule has 0 aliphatic carbocycles. The molecule has 1 atom stereocenters. The van der Waals surface area contributed by atoms with Gasteiger partial charge >= 0.3 is 0 Å². The topological polar surface area (TPSA) is 41.6 Å². The van der Waals surface area contributed by atoms with Crippen molar-refractivity contribution >= 4 is 11.6 Å². The molecule has 1 aromatic carbocycles. The molecule has 1 unspecified atom stereocenters. The summed E-state index contributed by atoms with van der Waals surface area (Å²) in [6, 6.07) is 4.67. The van der Waals surface area contributed by atoms with Crippen LogP contribution in [-0.2, 0) is 4.79 Å². The van der Waals surface area contributed by atoms with Crippen molar-refractivity contribution in [1.82, 2.24) is 5.32 Å². The maximum atomic E-state index is 13.7. The molecule has 0 radical (unpaired) electrons. The number of benzene rings is 1. The van der Waals surface area contributed by atoms with Crippen molar-refractivity contribution in [3.63, 3.8) is 0 Å². The summed E-state index contributed by atoms with van der Waals surface area (Å²) in [7, 11) is 1.42. The van der Waals surface area contributed by atoms with E-state index in [9.17, 15) is 9.18 Å². The van der Waals surface area contributed by atoms with Crippen LogP contribution < -0.4 is 15.0 Å². The number of rotatable bonds is 4. The van der Waals surface area contributed by atoms with Crippen LogP contribution in [0.25, 0.3) is 0 Å². The van der Waals surface area contributed by atoms with Crippen LogP contribution in [0.3, 0.4) is 0 Å². The molecular weight excluding hydrogens is 247 g/mol. The van der Waals surface area contributed by atoms with Gasteiger partial charge < -0.3 is 15.0 Å². The van der Waals surface area contributed by atoms with E-state index in [1.807, 2.05) is 13.8 Å². The molecule has 1 N–H and O–H groups in total. The standard InChI is InChI=1S/C14H19FN2O2/c1-9(2)16-12-6-7-17(14(12)18)10-4-5-13(19-3)11(15)8-10/h4-5,8-9,12,16H,6-7H2,1-3H3. The van der Waals surface area contributed by atoms with Gasteiger partial charge in [0.1, 0.15) is 0 Å². The Bertz CT molecular complexity index is 477. The summed E-state index contributed by atoms with van der Waals surface area (Å²) in [4.78, 5) is 13.8. The number of carbonyl (C=O) groups is 1. The highest BCUT2D eigenvalue weighted by Crippen LogP contribution is 2.26. The Morgan fingerprint density at radius 1 is 1.47 bits per heavy atom. The zero-order valence-electron chi connectivity index (χ0n) is 11.4. The number of nitrogens with zero attached hydrogens (tertiary/aromatic N) is 1. The minimum atomic E-state index is -0.451. The number of halogens is 1. The fourth-order valence-electron chi connectivity index (χ4n) is 2.32. The quantitative estimate of drug-likeness (QED) is 0.905. The summed E-state index contributed by atoms with van der Waals surface area (Å²) in [5, 5.41) is 3.22. The van der Waals surface area contributed by atoms with Crippen molar-refractivity contribution in [3.8, 4) is 5.75 Å². The molecule has 19 heavy (non-hydrogen) atoms. The van der Waals surface area contributed by atoms with Crippen LogP contribution >= 0.6 is 0 Å². The third-order valence-electron chi connectivity index (χ3n) is 3.19. The van der Waals surface area contributed by atoms with Crippen molar-refractivity contribution in [1.29, 1.82) is 0 Å². The maximum Gasteiger partial charge on any atom is 0.244 e. The maximum absolute atomic E-state index is 13.7. The van der Waals surface area contributed by atoms with Gasteiger partial charge in [-0.25, -0.2) is 4.39 Å². The fourth-order valence-corrected chi connectivity index (χ4v) is 2.32. The summed E-state index contributed by atoms with van der Waals surface area (Å²) < 4.78 is 18.5. The average Bonchev–Trinajstić information content (AvgIpc) is 2.70. The Kier molecular flexibility index (Phi) is 4.04. The van der Waals surface area contributed by atoms with Crippen molar-refractivity contribution in [2.45, 2.75) is 32.4 Å². The Balaban J connectivity index is 2.15. The molecule has 104 valence electrons. The highest BCUT2D eigenvalue weighted by atomic mass is 19.1. The van der Waals surface area contributed by atoms with Gasteiger partial charge in [0.2, 0.25) is 5.91 Å². The number of amides is 1. The van der Waals surface area contributed by atoms with E-state index < -0.39 is 5.82 Å². The van der Waals surface area contributed by atoms with Gasteiger partial charge in [0.25, 0.3) is 0 Å². The number of nitrogens with one attached hydrogen (secondary N) is 1. The highest BCUT2D eigenvalue weighted by Gasteiger charge is 2.32. The zero-order chi connectivity index (χ0) is 14.0. The molecule has 2 rings (SSSR count). The van der Waals surface area contributed by atoms with Crippen LogP contribution in [0, 0.1) is 5.82 Å². The molecule has 1 aromatic rings. The molecule has 1 heterocycles. The van der Waals surface area contributed by atoms with E-state index >= 15 is 0 Å². The number of hydrogen-bond acceptors (Lipinski definition) is 3. The smallest absolute Gasteiger partial charge is 0.244 e. The molecule has 0 spiro atoms. The SMILES string of the molecule is COc1ccc(N2CCC(NC(C)C)C2=O)cc1F. The highest BCUT2D eigenvalue weighted by molar-refractivity contribution is 5.99. The Hall–Kier alpha value is -1.62. The van der Waals surface area contributed by atoms with E-state index in [0.717, 1.165) is 6.42 Å². The van der Waals surface area contributed by atoms with Gasteiger partial charge in [0, 0.05) is 24.3 Å². The van der Waals surface area contributed by atoms with Gasteiger partial charge in [-0.3, -0.25) is 4.79 Å². The molecule has 1 amide bonds. The Labute approximate surface area is 112 Å². The fraction of sp³-hybridized carbons (Fsp3) is 0.500. The van der Waals surface area contributed by atoms with E-state index in [1.165, 1.54) is 13.2 Å². The largest absolute Gasteiger partial charge is 0.494 e. The molecule has 0 bridgehead atoms. The number of anilines is 1. The first-order chi connectivity index (χ1) is 9.02. The second-order valence-electron chi connectivity index (χ2n) is 4.97. The monoisotopic (exact) mass is 266 g/mol. The third kappa shape index (κ3) is 2.87. The number of ether oxygens (including phenoxy) is 1. The lowest BCUT2D eigenvalue weighted by Crippen LogP contribution is -2.41. The number of carbonyl (C=O) groups excluding carboxylic acids is 1. The first-order valence-corrected chi connectivity index (χ1v) is 6.44. The van der Waals surface area contributed by atoms with Crippen molar-refractivity contribution < 1.29 is 13.9 Å². The van der Waals surface area contributed by atoms with E-state index in [-0.39, 0.29) is 23.7 Å². The van der Waals surface area contributed by atoms with E-state index in [4.69, 9.17) is 4.74 Å². The molecule has 4 nitrogen and oxygen atoms in total. The molecule has 0 saturated carbocycles. The van der Waals surface area contributed by atoms with Crippen LogP contribution in [-0.4, -0.2) is 31.6 Å². The number of methoxy groups -OCH3 is 1. The molecule has 1 saturated heterocycles. The molecule has 5 heteroatoms. The third-order valence-corrected chi connectivity index (χ3v) is 3.19. The van der Waals surface area contributed by atoms with Crippen LogP contribution in [0.5, 0.6) is 5.75 Å². The lowest BCUT2D eigenvalue weighted by molar-refractivity contribution is -0.118. The summed E-state index contributed by atoms with van der Waals surface area (Å²) in [6.45, 7) is 4.61. The van der Waals surface area contributed by atoms with Gasteiger partial charge in [-0.15, -0.1) is 0 Å². The van der Waals surface area contributed by atoms with Crippen molar-refractivity contribution in [3.05, 3.63) is 24.0 Å². The van der Waals surface area contributed by atoms with Crippen LogP contribution in [0.1, 0.15) is 20.3 Å². The van der Waals surface area contributed by atoms with Crippen molar-refractivity contribution in [2.24, 2.45) is 0 Å². The first kappa shape index (κ1) is 13.8. The second-order valence-corrected chi connectivity index (χ2v) is 4.97. The van der Waals surface area contributed by atoms with Crippen LogP contribution in [0.15, 0.2) is 18.2 Å². The minimum absolute atomic E-state index is 0.00160. The van der Waals surface area contributed by atoms with Gasteiger partial charge in [0.15, 0.2) is 11.6 Å². The van der Waals surface area contributed by atoms with E-state index in [2.05, 4.69) is 5.32 Å². The Morgan fingerprint density at radius 3 is 2.79 bits per heavy atom. The predicted molar refractivity (Wildman–Crippen MR) is 72.0 cm³/mol. The molecule has 1 fully saturated rings.